The summed E-state index contributed by atoms with van der Waals surface area (Å²) in [4.78, 5) is 16.4. The van der Waals surface area contributed by atoms with Crippen LogP contribution in [0.25, 0.3) is 11.0 Å². The van der Waals surface area contributed by atoms with E-state index < -0.39 is 0 Å². The summed E-state index contributed by atoms with van der Waals surface area (Å²) >= 11 is 0. The average Bonchev–Trinajstić information content (AvgIpc) is 2.94. The van der Waals surface area contributed by atoms with E-state index in [1.165, 1.54) is 6.92 Å². The molecule has 1 N–H and O–H groups in total. The zero-order valence-electron chi connectivity index (χ0n) is 16.5. The zero-order chi connectivity index (χ0) is 18.7. The van der Waals surface area contributed by atoms with Crippen molar-refractivity contribution in [3.63, 3.8) is 0 Å². The van der Waals surface area contributed by atoms with Crippen LogP contribution >= 0.6 is 0 Å². The number of benzene rings is 1. The smallest absolute Gasteiger partial charge is 0.221 e. The summed E-state index contributed by atoms with van der Waals surface area (Å²) < 4.78 is 7.95. The van der Waals surface area contributed by atoms with E-state index in [2.05, 4.69) is 36.7 Å². The van der Waals surface area contributed by atoms with E-state index in [1.807, 2.05) is 12.1 Å². The minimum absolute atomic E-state index is 0.0209. The highest BCUT2D eigenvalue weighted by molar-refractivity contribution is 5.91. The molecule has 3 rings (SSSR count). The van der Waals surface area contributed by atoms with Crippen molar-refractivity contribution in [2.75, 3.05) is 18.5 Å². The summed E-state index contributed by atoms with van der Waals surface area (Å²) in [7, 11) is 0. The van der Waals surface area contributed by atoms with Crippen LogP contribution in [0.15, 0.2) is 18.2 Å². The van der Waals surface area contributed by atoms with Gasteiger partial charge in [-0.1, -0.05) is 27.2 Å². The molecule has 1 aromatic carbocycles. The van der Waals surface area contributed by atoms with Crippen LogP contribution in [-0.4, -0.2) is 28.7 Å². The third-order valence-corrected chi connectivity index (χ3v) is 5.33. The lowest BCUT2D eigenvalue weighted by Crippen LogP contribution is -2.26. The number of amides is 1. The minimum atomic E-state index is -0.0578. The van der Waals surface area contributed by atoms with E-state index in [4.69, 9.17) is 9.72 Å². The molecule has 0 unspecified atom stereocenters. The van der Waals surface area contributed by atoms with Crippen LogP contribution in [0, 0.1) is 5.92 Å². The van der Waals surface area contributed by atoms with E-state index in [-0.39, 0.29) is 11.3 Å². The number of nitrogens with zero attached hydrogens (tertiary/aromatic N) is 2. The number of nitrogens with one attached hydrogen (secondary N) is 1. The lowest BCUT2D eigenvalue weighted by Gasteiger charge is -2.28. The molecular formula is C21H31N3O2. The number of aromatic nitrogens is 2. The van der Waals surface area contributed by atoms with Gasteiger partial charge in [-0.3, -0.25) is 4.79 Å². The molecule has 0 bridgehead atoms. The van der Waals surface area contributed by atoms with Crippen LogP contribution in [0.4, 0.5) is 5.69 Å². The summed E-state index contributed by atoms with van der Waals surface area (Å²) in [6.07, 6.45) is 4.45. The maximum atomic E-state index is 11.4. The zero-order valence-corrected chi connectivity index (χ0v) is 16.5. The second kappa shape index (κ2) is 7.78. The van der Waals surface area contributed by atoms with Gasteiger partial charge in [0, 0.05) is 37.8 Å². The van der Waals surface area contributed by atoms with Crippen LogP contribution in [-0.2, 0) is 21.5 Å². The summed E-state index contributed by atoms with van der Waals surface area (Å²) in [6, 6.07) is 6.06. The first-order valence-corrected chi connectivity index (χ1v) is 9.77. The highest BCUT2D eigenvalue weighted by Gasteiger charge is 2.28. The van der Waals surface area contributed by atoms with Crippen molar-refractivity contribution >= 4 is 22.6 Å². The Labute approximate surface area is 156 Å². The topological polar surface area (TPSA) is 56.2 Å². The molecule has 0 atom stereocenters. The number of hydrogen-bond donors (Lipinski definition) is 1. The molecule has 1 fully saturated rings. The third-order valence-electron chi connectivity index (χ3n) is 5.33. The second-order valence-corrected chi connectivity index (χ2v) is 8.12. The molecule has 5 nitrogen and oxygen atoms in total. The molecule has 1 amide bonds. The number of rotatable bonds is 6. The number of carbonyl (C=O) groups excluding carboxylic acids is 1. The Morgan fingerprint density at radius 3 is 2.73 bits per heavy atom. The van der Waals surface area contributed by atoms with Crippen molar-refractivity contribution in [1.29, 1.82) is 0 Å². The fraction of sp³-hybridized carbons (Fsp3) is 0.619. The molecule has 2 aromatic rings. The summed E-state index contributed by atoms with van der Waals surface area (Å²) in [5.74, 6) is 1.73. The number of anilines is 1. The van der Waals surface area contributed by atoms with E-state index in [0.717, 1.165) is 68.0 Å². The Hall–Kier alpha value is -1.88. The molecule has 2 heterocycles. The predicted octanol–water partition coefficient (Wildman–Crippen LogP) is 4.50. The van der Waals surface area contributed by atoms with Crippen LogP contribution in [0.1, 0.15) is 59.2 Å². The fourth-order valence-electron chi connectivity index (χ4n) is 4.04. The van der Waals surface area contributed by atoms with E-state index in [9.17, 15) is 4.79 Å². The molecule has 1 aromatic heterocycles. The van der Waals surface area contributed by atoms with Gasteiger partial charge in [-0.2, -0.15) is 0 Å². The lowest BCUT2D eigenvalue weighted by atomic mass is 9.86. The van der Waals surface area contributed by atoms with Gasteiger partial charge < -0.3 is 14.6 Å². The predicted molar refractivity (Wildman–Crippen MR) is 106 cm³/mol. The maximum absolute atomic E-state index is 11.4. The standard InChI is InChI=1S/C21H31N3O2/c1-5-10-21(3,4)20-23-18-13-17(22-15(2)25)6-7-19(18)24(20)14-16-8-11-26-12-9-16/h6-7,13,16H,5,8-12,14H2,1-4H3,(H,22,25). The highest BCUT2D eigenvalue weighted by Crippen LogP contribution is 2.33. The summed E-state index contributed by atoms with van der Waals surface area (Å²) in [5.41, 5.74) is 2.94. The molecule has 5 heteroatoms. The van der Waals surface area contributed by atoms with Gasteiger partial charge in [0.2, 0.25) is 5.91 Å². The van der Waals surface area contributed by atoms with Gasteiger partial charge >= 0.3 is 0 Å². The minimum Gasteiger partial charge on any atom is -0.381 e. The Balaban J connectivity index is 2.03. The summed E-state index contributed by atoms with van der Waals surface area (Å²) in [6.45, 7) is 11.0. The summed E-state index contributed by atoms with van der Waals surface area (Å²) in [5, 5.41) is 2.87. The molecule has 142 valence electrons. The largest absolute Gasteiger partial charge is 0.381 e. The number of fused-ring (bicyclic) bond motifs is 1. The van der Waals surface area contributed by atoms with Crippen molar-refractivity contribution in [2.45, 2.75) is 65.3 Å². The fourth-order valence-corrected chi connectivity index (χ4v) is 4.04. The van der Waals surface area contributed by atoms with Gasteiger partial charge in [0.15, 0.2) is 0 Å². The van der Waals surface area contributed by atoms with Gasteiger partial charge in [-0.25, -0.2) is 4.98 Å². The van der Waals surface area contributed by atoms with Crippen molar-refractivity contribution in [2.24, 2.45) is 5.92 Å². The maximum Gasteiger partial charge on any atom is 0.221 e. The number of imidazole rings is 1. The van der Waals surface area contributed by atoms with Crippen molar-refractivity contribution in [3.8, 4) is 0 Å². The van der Waals surface area contributed by atoms with Crippen LogP contribution in [0.5, 0.6) is 0 Å². The lowest BCUT2D eigenvalue weighted by molar-refractivity contribution is -0.114. The number of ether oxygens (including phenoxy) is 1. The molecule has 1 saturated heterocycles. The van der Waals surface area contributed by atoms with Gasteiger partial charge in [-0.15, -0.1) is 0 Å². The first kappa shape index (κ1) is 18.9. The highest BCUT2D eigenvalue weighted by atomic mass is 16.5. The third kappa shape index (κ3) is 4.09. The average molecular weight is 357 g/mol. The van der Waals surface area contributed by atoms with Crippen LogP contribution < -0.4 is 5.32 Å². The van der Waals surface area contributed by atoms with Gasteiger partial charge in [0.05, 0.1) is 11.0 Å². The van der Waals surface area contributed by atoms with Crippen molar-refractivity contribution < 1.29 is 9.53 Å². The van der Waals surface area contributed by atoms with E-state index in [1.54, 1.807) is 0 Å². The van der Waals surface area contributed by atoms with E-state index >= 15 is 0 Å². The quantitative estimate of drug-likeness (QED) is 0.828. The molecular weight excluding hydrogens is 326 g/mol. The second-order valence-electron chi connectivity index (χ2n) is 8.12. The molecule has 0 aliphatic carbocycles. The van der Waals surface area contributed by atoms with Gasteiger partial charge in [0.1, 0.15) is 5.82 Å². The van der Waals surface area contributed by atoms with Crippen molar-refractivity contribution in [1.82, 2.24) is 9.55 Å². The Bertz CT molecular complexity index is 773. The molecule has 0 spiro atoms. The van der Waals surface area contributed by atoms with Crippen LogP contribution in [0.3, 0.4) is 0 Å². The molecule has 0 radical (unpaired) electrons. The number of carbonyl (C=O) groups is 1. The SMILES string of the molecule is CCCC(C)(C)c1nc2cc(NC(C)=O)ccc2n1CC1CCOCC1. The molecule has 26 heavy (non-hydrogen) atoms. The molecule has 0 saturated carbocycles. The van der Waals surface area contributed by atoms with Crippen molar-refractivity contribution in [3.05, 3.63) is 24.0 Å². The first-order valence-electron chi connectivity index (χ1n) is 9.77. The Kier molecular flexibility index (Phi) is 5.66. The number of hydrogen-bond acceptors (Lipinski definition) is 3. The Morgan fingerprint density at radius 2 is 2.08 bits per heavy atom. The normalized spacial score (nSPS) is 16.2. The Morgan fingerprint density at radius 1 is 1.35 bits per heavy atom. The van der Waals surface area contributed by atoms with E-state index in [0.29, 0.717) is 5.92 Å². The molecule has 1 aliphatic heterocycles. The van der Waals surface area contributed by atoms with Crippen LogP contribution in [0.2, 0.25) is 0 Å². The molecule has 1 aliphatic rings. The van der Waals surface area contributed by atoms with Gasteiger partial charge in [0.25, 0.3) is 0 Å². The first-order chi connectivity index (χ1) is 12.4. The monoisotopic (exact) mass is 357 g/mol. The van der Waals surface area contributed by atoms with Gasteiger partial charge in [-0.05, 0) is 43.4 Å².